The van der Waals surface area contributed by atoms with E-state index in [0.717, 1.165) is 16.7 Å². The molecule has 0 spiro atoms. The maximum Gasteiger partial charge on any atom is 0.152 e. The fourth-order valence-electron chi connectivity index (χ4n) is 2.32. The standard InChI is InChI=1S/C16H14Cl2N2O/c17-12-6-4-10(5-7-12)8-14(20-19)15-9-11-2-1-3-13(18)16(11)21-15/h1-7,9,14,20H,8,19H2. The fraction of sp³-hybridized carbons (Fsp3) is 0.125. The van der Waals surface area contributed by atoms with Gasteiger partial charge in [0.15, 0.2) is 5.58 Å². The lowest BCUT2D eigenvalue weighted by Crippen LogP contribution is -2.29. The minimum absolute atomic E-state index is 0.130. The average molecular weight is 321 g/mol. The molecule has 1 unspecified atom stereocenters. The van der Waals surface area contributed by atoms with Crippen molar-refractivity contribution in [3.63, 3.8) is 0 Å². The van der Waals surface area contributed by atoms with E-state index in [-0.39, 0.29) is 6.04 Å². The summed E-state index contributed by atoms with van der Waals surface area (Å²) in [4.78, 5) is 0. The maximum atomic E-state index is 6.14. The molecule has 2 aromatic carbocycles. The predicted octanol–water partition coefficient (Wildman–Crippen LogP) is 4.49. The van der Waals surface area contributed by atoms with Gasteiger partial charge in [-0.1, -0.05) is 47.5 Å². The fourth-order valence-corrected chi connectivity index (χ4v) is 2.66. The zero-order valence-corrected chi connectivity index (χ0v) is 12.7. The Hall–Kier alpha value is -1.52. The number of halogens is 2. The Morgan fingerprint density at radius 3 is 2.52 bits per heavy atom. The second kappa shape index (κ2) is 6.08. The monoisotopic (exact) mass is 320 g/mol. The van der Waals surface area contributed by atoms with Gasteiger partial charge in [-0.3, -0.25) is 5.84 Å². The van der Waals surface area contributed by atoms with Gasteiger partial charge in [0.2, 0.25) is 0 Å². The molecular weight excluding hydrogens is 307 g/mol. The molecule has 0 amide bonds. The number of nitrogens with two attached hydrogens (primary N) is 1. The van der Waals surface area contributed by atoms with Gasteiger partial charge in [-0.2, -0.15) is 0 Å². The molecule has 3 rings (SSSR count). The van der Waals surface area contributed by atoms with Gasteiger partial charge >= 0.3 is 0 Å². The van der Waals surface area contributed by atoms with Gasteiger partial charge in [0, 0.05) is 10.4 Å². The number of benzene rings is 2. The summed E-state index contributed by atoms with van der Waals surface area (Å²) in [6, 6.07) is 15.2. The number of para-hydroxylation sites is 1. The lowest BCUT2D eigenvalue weighted by molar-refractivity contribution is 0.434. The summed E-state index contributed by atoms with van der Waals surface area (Å²) in [6.45, 7) is 0. The smallest absolute Gasteiger partial charge is 0.152 e. The third-order valence-electron chi connectivity index (χ3n) is 3.41. The molecule has 5 heteroatoms. The average Bonchev–Trinajstić information content (AvgIpc) is 2.92. The quantitative estimate of drug-likeness (QED) is 0.550. The number of rotatable bonds is 4. The van der Waals surface area contributed by atoms with Crippen LogP contribution in [-0.4, -0.2) is 0 Å². The molecule has 1 atom stereocenters. The summed E-state index contributed by atoms with van der Waals surface area (Å²) in [5.74, 6) is 6.43. The van der Waals surface area contributed by atoms with Crippen molar-refractivity contribution in [3.8, 4) is 0 Å². The Morgan fingerprint density at radius 2 is 1.86 bits per heavy atom. The van der Waals surface area contributed by atoms with Gasteiger partial charge in [0.05, 0.1) is 11.1 Å². The lowest BCUT2D eigenvalue weighted by atomic mass is 10.0. The van der Waals surface area contributed by atoms with Gasteiger partial charge in [-0.25, -0.2) is 5.43 Å². The van der Waals surface area contributed by atoms with Crippen LogP contribution in [0.1, 0.15) is 17.4 Å². The zero-order chi connectivity index (χ0) is 14.8. The summed E-state index contributed by atoms with van der Waals surface area (Å²) < 4.78 is 5.85. The Balaban J connectivity index is 1.90. The molecule has 108 valence electrons. The largest absolute Gasteiger partial charge is 0.458 e. The van der Waals surface area contributed by atoms with Crippen LogP contribution in [0.5, 0.6) is 0 Å². The highest BCUT2D eigenvalue weighted by Gasteiger charge is 2.16. The summed E-state index contributed by atoms with van der Waals surface area (Å²) >= 11 is 12.0. The number of hydrazine groups is 1. The molecule has 1 heterocycles. The number of furan rings is 1. The van der Waals surface area contributed by atoms with Gasteiger partial charge in [-0.05, 0) is 36.2 Å². The molecule has 0 aliphatic heterocycles. The van der Waals surface area contributed by atoms with E-state index in [0.29, 0.717) is 22.0 Å². The minimum atomic E-state index is -0.130. The summed E-state index contributed by atoms with van der Waals surface area (Å²) in [7, 11) is 0. The normalized spacial score (nSPS) is 12.7. The van der Waals surface area contributed by atoms with Crippen molar-refractivity contribution < 1.29 is 4.42 Å². The van der Waals surface area contributed by atoms with Crippen molar-refractivity contribution in [3.05, 3.63) is 69.9 Å². The Kier molecular flexibility index (Phi) is 4.17. The van der Waals surface area contributed by atoms with E-state index in [2.05, 4.69) is 5.43 Å². The van der Waals surface area contributed by atoms with E-state index < -0.39 is 0 Å². The van der Waals surface area contributed by atoms with Crippen LogP contribution in [0.2, 0.25) is 10.0 Å². The van der Waals surface area contributed by atoms with Gasteiger partial charge < -0.3 is 4.42 Å². The molecule has 3 nitrogen and oxygen atoms in total. The molecule has 21 heavy (non-hydrogen) atoms. The first-order valence-corrected chi connectivity index (χ1v) is 7.31. The van der Waals surface area contributed by atoms with Gasteiger partial charge in [0.25, 0.3) is 0 Å². The number of hydrogen-bond acceptors (Lipinski definition) is 3. The van der Waals surface area contributed by atoms with Crippen LogP contribution in [0.25, 0.3) is 11.0 Å². The first kappa shape index (κ1) is 14.4. The van der Waals surface area contributed by atoms with Crippen LogP contribution >= 0.6 is 23.2 Å². The van der Waals surface area contributed by atoms with Crippen LogP contribution in [0.3, 0.4) is 0 Å². The third kappa shape index (κ3) is 3.06. The van der Waals surface area contributed by atoms with Crippen LogP contribution in [0.15, 0.2) is 52.9 Å². The summed E-state index contributed by atoms with van der Waals surface area (Å²) in [6.07, 6.45) is 0.700. The lowest BCUT2D eigenvalue weighted by Gasteiger charge is -2.13. The second-order valence-corrected chi connectivity index (χ2v) is 5.70. The van der Waals surface area contributed by atoms with Crippen molar-refractivity contribution >= 4 is 34.2 Å². The third-order valence-corrected chi connectivity index (χ3v) is 3.96. The number of hydrogen-bond donors (Lipinski definition) is 2. The van der Waals surface area contributed by atoms with Crippen molar-refractivity contribution in [2.75, 3.05) is 0 Å². The molecule has 0 radical (unpaired) electrons. The molecule has 0 aliphatic carbocycles. The molecule has 0 aliphatic rings. The van der Waals surface area contributed by atoms with E-state index in [9.17, 15) is 0 Å². The molecule has 1 aromatic heterocycles. The van der Waals surface area contributed by atoms with E-state index in [4.69, 9.17) is 33.5 Å². The molecule has 3 N–H and O–H groups in total. The SMILES string of the molecule is NNC(Cc1ccc(Cl)cc1)c1cc2cccc(Cl)c2o1. The van der Waals surface area contributed by atoms with Crippen LogP contribution in [-0.2, 0) is 6.42 Å². The van der Waals surface area contributed by atoms with E-state index in [1.807, 2.05) is 42.5 Å². The van der Waals surface area contributed by atoms with Crippen molar-refractivity contribution in [2.24, 2.45) is 5.84 Å². The van der Waals surface area contributed by atoms with Gasteiger partial charge in [-0.15, -0.1) is 0 Å². The van der Waals surface area contributed by atoms with Crippen LogP contribution in [0, 0.1) is 0 Å². The zero-order valence-electron chi connectivity index (χ0n) is 11.1. The molecule has 3 aromatic rings. The van der Waals surface area contributed by atoms with Crippen molar-refractivity contribution in [1.29, 1.82) is 0 Å². The maximum absolute atomic E-state index is 6.14. The van der Waals surface area contributed by atoms with E-state index in [1.54, 1.807) is 6.07 Å². The first-order valence-electron chi connectivity index (χ1n) is 6.56. The topological polar surface area (TPSA) is 51.2 Å². The number of nitrogens with one attached hydrogen (secondary N) is 1. The van der Waals surface area contributed by atoms with Gasteiger partial charge in [0.1, 0.15) is 5.76 Å². The number of fused-ring (bicyclic) bond motifs is 1. The molecule has 0 fully saturated rings. The molecule has 0 saturated carbocycles. The van der Waals surface area contributed by atoms with Crippen molar-refractivity contribution in [1.82, 2.24) is 5.43 Å². The Morgan fingerprint density at radius 1 is 1.10 bits per heavy atom. The van der Waals surface area contributed by atoms with Crippen LogP contribution < -0.4 is 11.3 Å². The molecule has 0 saturated heterocycles. The highest BCUT2D eigenvalue weighted by molar-refractivity contribution is 6.34. The van der Waals surface area contributed by atoms with Crippen LogP contribution in [0.4, 0.5) is 0 Å². The predicted molar refractivity (Wildman–Crippen MR) is 86.4 cm³/mol. The minimum Gasteiger partial charge on any atom is -0.458 e. The molecule has 0 bridgehead atoms. The summed E-state index contributed by atoms with van der Waals surface area (Å²) in [5, 5.41) is 2.28. The highest BCUT2D eigenvalue weighted by Crippen LogP contribution is 2.30. The van der Waals surface area contributed by atoms with Crippen molar-refractivity contribution in [2.45, 2.75) is 12.5 Å². The Bertz CT molecular complexity index is 753. The summed E-state index contributed by atoms with van der Waals surface area (Å²) in [5.41, 5.74) is 4.60. The highest BCUT2D eigenvalue weighted by atomic mass is 35.5. The first-order chi connectivity index (χ1) is 10.2. The van der Waals surface area contributed by atoms with E-state index >= 15 is 0 Å². The molecular formula is C16H14Cl2N2O. The second-order valence-electron chi connectivity index (χ2n) is 4.86. The Labute approximate surface area is 132 Å². The van der Waals surface area contributed by atoms with E-state index in [1.165, 1.54) is 0 Å².